The Bertz CT molecular complexity index is 396. The standard InChI is InChI=1S/C12H16ClNO2/c1-12(2,3)14-11(15)9-6-5-8(13)7-10(9)16-4/h5-7H,1-4H3,(H,14,15). The lowest BCUT2D eigenvalue weighted by molar-refractivity contribution is 0.0916. The van der Waals surface area contributed by atoms with E-state index < -0.39 is 0 Å². The van der Waals surface area contributed by atoms with Crippen molar-refractivity contribution in [2.45, 2.75) is 26.3 Å². The highest BCUT2D eigenvalue weighted by Crippen LogP contribution is 2.23. The van der Waals surface area contributed by atoms with Gasteiger partial charge in [-0.1, -0.05) is 11.6 Å². The van der Waals surface area contributed by atoms with E-state index in [1.807, 2.05) is 20.8 Å². The fraction of sp³-hybridized carbons (Fsp3) is 0.417. The summed E-state index contributed by atoms with van der Waals surface area (Å²) in [6.07, 6.45) is 0. The number of hydrogen-bond donors (Lipinski definition) is 1. The van der Waals surface area contributed by atoms with Crippen LogP contribution >= 0.6 is 11.6 Å². The molecule has 1 aromatic carbocycles. The molecule has 0 aliphatic heterocycles. The Hall–Kier alpha value is -1.22. The highest BCUT2D eigenvalue weighted by atomic mass is 35.5. The lowest BCUT2D eigenvalue weighted by Crippen LogP contribution is -2.40. The topological polar surface area (TPSA) is 38.3 Å². The minimum absolute atomic E-state index is 0.166. The van der Waals surface area contributed by atoms with Gasteiger partial charge >= 0.3 is 0 Å². The molecule has 16 heavy (non-hydrogen) atoms. The number of methoxy groups -OCH3 is 1. The molecule has 0 bridgehead atoms. The van der Waals surface area contributed by atoms with Crippen LogP contribution in [-0.4, -0.2) is 18.6 Å². The van der Waals surface area contributed by atoms with Gasteiger partial charge in [0, 0.05) is 10.6 Å². The third-order valence-corrected chi connectivity index (χ3v) is 2.13. The van der Waals surface area contributed by atoms with Gasteiger partial charge in [0.15, 0.2) is 0 Å². The fourth-order valence-electron chi connectivity index (χ4n) is 1.26. The van der Waals surface area contributed by atoms with Gasteiger partial charge in [-0.25, -0.2) is 0 Å². The first-order valence-electron chi connectivity index (χ1n) is 4.99. The zero-order valence-corrected chi connectivity index (χ0v) is 10.7. The third-order valence-electron chi connectivity index (χ3n) is 1.90. The maximum absolute atomic E-state index is 11.9. The Kier molecular flexibility index (Phi) is 3.81. The van der Waals surface area contributed by atoms with E-state index in [0.29, 0.717) is 16.3 Å². The van der Waals surface area contributed by atoms with Crippen molar-refractivity contribution in [1.82, 2.24) is 5.32 Å². The molecule has 0 radical (unpaired) electrons. The maximum Gasteiger partial charge on any atom is 0.255 e. The molecule has 1 amide bonds. The molecule has 0 aliphatic carbocycles. The van der Waals surface area contributed by atoms with E-state index in [-0.39, 0.29) is 11.4 Å². The van der Waals surface area contributed by atoms with E-state index in [2.05, 4.69) is 5.32 Å². The van der Waals surface area contributed by atoms with Crippen molar-refractivity contribution in [3.05, 3.63) is 28.8 Å². The molecule has 0 aliphatic rings. The number of halogens is 1. The summed E-state index contributed by atoms with van der Waals surface area (Å²) in [5.41, 5.74) is 0.212. The van der Waals surface area contributed by atoms with Crippen molar-refractivity contribution in [1.29, 1.82) is 0 Å². The number of amides is 1. The van der Waals surface area contributed by atoms with Gasteiger partial charge < -0.3 is 10.1 Å². The van der Waals surface area contributed by atoms with E-state index in [4.69, 9.17) is 16.3 Å². The van der Waals surface area contributed by atoms with Crippen LogP contribution in [0.3, 0.4) is 0 Å². The summed E-state index contributed by atoms with van der Waals surface area (Å²) >= 11 is 5.82. The summed E-state index contributed by atoms with van der Waals surface area (Å²) in [5, 5.41) is 3.41. The molecule has 0 saturated carbocycles. The lowest BCUT2D eigenvalue weighted by Gasteiger charge is -2.21. The van der Waals surface area contributed by atoms with Crippen molar-refractivity contribution < 1.29 is 9.53 Å². The minimum Gasteiger partial charge on any atom is -0.496 e. The quantitative estimate of drug-likeness (QED) is 0.865. The number of nitrogens with one attached hydrogen (secondary N) is 1. The van der Waals surface area contributed by atoms with Crippen molar-refractivity contribution in [3.63, 3.8) is 0 Å². The summed E-state index contributed by atoms with van der Waals surface area (Å²) in [4.78, 5) is 11.9. The van der Waals surface area contributed by atoms with Gasteiger partial charge in [-0.2, -0.15) is 0 Å². The average Bonchev–Trinajstić information content (AvgIpc) is 2.14. The van der Waals surface area contributed by atoms with Crippen molar-refractivity contribution >= 4 is 17.5 Å². The molecular formula is C12H16ClNO2. The Morgan fingerprint density at radius 3 is 2.50 bits per heavy atom. The fourth-order valence-corrected chi connectivity index (χ4v) is 1.42. The van der Waals surface area contributed by atoms with Crippen molar-refractivity contribution in [2.75, 3.05) is 7.11 Å². The molecule has 0 unspecified atom stereocenters. The van der Waals surface area contributed by atoms with Gasteiger partial charge in [0.2, 0.25) is 0 Å². The monoisotopic (exact) mass is 241 g/mol. The summed E-state index contributed by atoms with van der Waals surface area (Å²) < 4.78 is 5.12. The second kappa shape index (κ2) is 4.74. The molecule has 0 spiro atoms. The Morgan fingerprint density at radius 1 is 1.38 bits per heavy atom. The number of ether oxygens (including phenoxy) is 1. The first-order valence-corrected chi connectivity index (χ1v) is 5.37. The van der Waals surface area contributed by atoms with Gasteiger partial charge in [0.25, 0.3) is 5.91 Å². The lowest BCUT2D eigenvalue weighted by atomic mass is 10.1. The van der Waals surface area contributed by atoms with Gasteiger partial charge in [-0.05, 0) is 39.0 Å². The Balaban J connectivity index is 2.99. The predicted molar refractivity (Wildman–Crippen MR) is 65.2 cm³/mol. The molecule has 1 aromatic rings. The number of hydrogen-bond acceptors (Lipinski definition) is 2. The van der Waals surface area contributed by atoms with Crippen LogP contribution in [-0.2, 0) is 0 Å². The summed E-state index contributed by atoms with van der Waals surface area (Å²) in [6.45, 7) is 5.77. The SMILES string of the molecule is COc1cc(Cl)ccc1C(=O)NC(C)(C)C. The summed E-state index contributed by atoms with van der Waals surface area (Å²) in [7, 11) is 1.51. The number of rotatable bonds is 2. The second-order valence-electron chi connectivity index (χ2n) is 4.55. The van der Waals surface area contributed by atoms with Crippen LogP contribution in [0.2, 0.25) is 5.02 Å². The molecule has 0 saturated heterocycles. The van der Waals surface area contributed by atoms with Gasteiger partial charge in [-0.15, -0.1) is 0 Å². The van der Waals surface area contributed by atoms with Crippen LogP contribution in [0.25, 0.3) is 0 Å². The molecule has 1 rings (SSSR count). The molecule has 0 heterocycles. The molecule has 4 heteroatoms. The Labute approximate surface area is 101 Å². The highest BCUT2D eigenvalue weighted by molar-refractivity contribution is 6.30. The summed E-state index contributed by atoms with van der Waals surface area (Å²) in [6, 6.07) is 4.95. The number of benzene rings is 1. The molecular weight excluding hydrogens is 226 g/mol. The smallest absolute Gasteiger partial charge is 0.255 e. The first kappa shape index (κ1) is 12.8. The van der Waals surface area contributed by atoms with Gasteiger partial charge in [-0.3, -0.25) is 4.79 Å². The van der Waals surface area contributed by atoms with Crippen LogP contribution in [0, 0.1) is 0 Å². The van der Waals surface area contributed by atoms with Gasteiger partial charge in [0.05, 0.1) is 12.7 Å². The van der Waals surface area contributed by atoms with Crippen LogP contribution in [0.4, 0.5) is 0 Å². The predicted octanol–water partition coefficient (Wildman–Crippen LogP) is 2.88. The molecule has 3 nitrogen and oxygen atoms in total. The number of carbonyl (C=O) groups is 1. The van der Waals surface area contributed by atoms with E-state index in [1.165, 1.54) is 7.11 Å². The highest BCUT2D eigenvalue weighted by Gasteiger charge is 2.18. The van der Waals surface area contributed by atoms with E-state index in [0.717, 1.165) is 0 Å². The van der Waals surface area contributed by atoms with E-state index in [9.17, 15) is 4.79 Å². The molecule has 88 valence electrons. The normalized spacial score (nSPS) is 11.1. The second-order valence-corrected chi connectivity index (χ2v) is 4.99. The van der Waals surface area contributed by atoms with Crippen LogP contribution in [0.1, 0.15) is 31.1 Å². The van der Waals surface area contributed by atoms with Gasteiger partial charge in [0.1, 0.15) is 5.75 Å². The zero-order valence-electron chi connectivity index (χ0n) is 9.93. The minimum atomic E-state index is -0.276. The molecule has 0 aromatic heterocycles. The van der Waals surface area contributed by atoms with Crippen molar-refractivity contribution in [2.24, 2.45) is 0 Å². The largest absolute Gasteiger partial charge is 0.496 e. The van der Waals surface area contributed by atoms with E-state index >= 15 is 0 Å². The van der Waals surface area contributed by atoms with Crippen LogP contribution in [0.15, 0.2) is 18.2 Å². The van der Waals surface area contributed by atoms with Crippen molar-refractivity contribution in [3.8, 4) is 5.75 Å². The maximum atomic E-state index is 11.9. The Morgan fingerprint density at radius 2 is 2.00 bits per heavy atom. The summed E-state index contributed by atoms with van der Waals surface area (Å²) in [5.74, 6) is 0.315. The molecule has 1 N–H and O–H groups in total. The van der Waals surface area contributed by atoms with E-state index in [1.54, 1.807) is 18.2 Å². The van der Waals surface area contributed by atoms with Crippen LogP contribution in [0.5, 0.6) is 5.75 Å². The third kappa shape index (κ3) is 3.42. The molecule has 0 atom stereocenters. The van der Waals surface area contributed by atoms with Crippen LogP contribution < -0.4 is 10.1 Å². The average molecular weight is 242 g/mol. The zero-order chi connectivity index (χ0) is 12.3. The number of carbonyl (C=O) groups excluding carboxylic acids is 1. The molecule has 0 fully saturated rings. The first-order chi connectivity index (χ1) is 7.33.